The maximum Gasteiger partial charge on any atom is 0.251 e. The van der Waals surface area contributed by atoms with Gasteiger partial charge in [-0.2, -0.15) is 0 Å². The Kier molecular flexibility index (Phi) is 4.01. The fourth-order valence-electron chi connectivity index (χ4n) is 3.24. The second kappa shape index (κ2) is 6.33. The molecule has 1 amide bonds. The molecular weight excluding hydrogens is 336 g/mol. The summed E-state index contributed by atoms with van der Waals surface area (Å²) >= 11 is 6.08. The Morgan fingerprint density at radius 1 is 1.12 bits per heavy atom. The Labute approximate surface area is 150 Å². The van der Waals surface area contributed by atoms with Crippen molar-refractivity contribution in [2.24, 2.45) is 5.73 Å². The Bertz CT molecular complexity index is 950. The summed E-state index contributed by atoms with van der Waals surface area (Å²) < 4.78 is 0. The molecule has 1 aromatic heterocycles. The predicted octanol–water partition coefficient (Wildman–Crippen LogP) is 3.65. The number of benzene rings is 2. The third-order valence-electron chi connectivity index (χ3n) is 4.51. The van der Waals surface area contributed by atoms with Crippen LogP contribution in [-0.4, -0.2) is 29.0 Å². The summed E-state index contributed by atoms with van der Waals surface area (Å²) in [6, 6.07) is 11.5. The van der Waals surface area contributed by atoms with E-state index in [0.29, 0.717) is 16.1 Å². The molecule has 2 heterocycles. The molecule has 0 unspecified atom stereocenters. The Hall–Kier alpha value is -2.66. The van der Waals surface area contributed by atoms with Gasteiger partial charge in [0.1, 0.15) is 5.52 Å². The van der Waals surface area contributed by atoms with Crippen molar-refractivity contribution in [2.45, 2.75) is 12.8 Å². The Morgan fingerprint density at radius 2 is 1.84 bits per heavy atom. The number of fused-ring (bicyclic) bond motifs is 1. The topological polar surface area (TPSA) is 72.1 Å². The molecule has 1 aliphatic heterocycles. The average Bonchev–Trinajstić information content (AvgIpc) is 3.15. The molecule has 1 fully saturated rings. The quantitative estimate of drug-likeness (QED) is 0.781. The number of anilines is 1. The molecule has 0 atom stereocenters. The third-order valence-corrected chi connectivity index (χ3v) is 4.73. The second-order valence-electron chi connectivity index (χ2n) is 6.18. The molecule has 0 aliphatic carbocycles. The maximum absolute atomic E-state index is 11.6. The van der Waals surface area contributed by atoms with Gasteiger partial charge >= 0.3 is 0 Å². The summed E-state index contributed by atoms with van der Waals surface area (Å²) in [5.41, 5.74) is 9.65. The molecule has 1 saturated heterocycles. The van der Waals surface area contributed by atoms with Gasteiger partial charge in [-0.3, -0.25) is 9.78 Å². The molecule has 126 valence electrons. The van der Waals surface area contributed by atoms with Gasteiger partial charge in [-0.1, -0.05) is 23.7 Å². The van der Waals surface area contributed by atoms with Gasteiger partial charge in [0.05, 0.1) is 23.0 Å². The lowest BCUT2D eigenvalue weighted by molar-refractivity contribution is 0.100. The number of carbonyl (C=O) groups excluding carboxylic acids is 1. The van der Waals surface area contributed by atoms with E-state index in [0.717, 1.165) is 24.3 Å². The third kappa shape index (κ3) is 3.03. The van der Waals surface area contributed by atoms with Crippen LogP contribution in [0.2, 0.25) is 5.02 Å². The number of aromatic nitrogens is 2. The molecule has 3 aromatic rings. The number of primary amides is 1. The maximum atomic E-state index is 11.6. The van der Waals surface area contributed by atoms with Gasteiger partial charge < -0.3 is 10.6 Å². The Morgan fingerprint density at radius 3 is 2.52 bits per heavy atom. The summed E-state index contributed by atoms with van der Waals surface area (Å²) in [6.07, 6.45) is 4.16. The molecule has 2 aromatic carbocycles. The average molecular weight is 353 g/mol. The zero-order valence-electron chi connectivity index (χ0n) is 13.6. The van der Waals surface area contributed by atoms with Crippen LogP contribution < -0.4 is 10.6 Å². The summed E-state index contributed by atoms with van der Waals surface area (Å²) in [5, 5.41) is 0.414. The van der Waals surface area contributed by atoms with Crippen molar-refractivity contribution < 1.29 is 4.79 Å². The van der Waals surface area contributed by atoms with Crippen molar-refractivity contribution in [3.8, 4) is 11.3 Å². The van der Waals surface area contributed by atoms with E-state index in [1.807, 2.05) is 12.1 Å². The van der Waals surface area contributed by atoms with Gasteiger partial charge in [0.2, 0.25) is 0 Å². The molecule has 0 bridgehead atoms. The number of hydrogen-bond donors (Lipinski definition) is 1. The number of hydrogen-bond acceptors (Lipinski definition) is 4. The van der Waals surface area contributed by atoms with Crippen molar-refractivity contribution in [3.63, 3.8) is 0 Å². The van der Waals surface area contributed by atoms with E-state index < -0.39 is 5.91 Å². The number of rotatable bonds is 3. The smallest absolute Gasteiger partial charge is 0.251 e. The SMILES string of the molecule is NC(=O)c1cc(Cl)cc2nc(-c3ccc(N4CCCC4)cc3)cnc12. The van der Waals surface area contributed by atoms with E-state index >= 15 is 0 Å². The summed E-state index contributed by atoms with van der Waals surface area (Å²) in [7, 11) is 0. The fourth-order valence-corrected chi connectivity index (χ4v) is 3.45. The van der Waals surface area contributed by atoms with Crippen molar-refractivity contribution in [1.82, 2.24) is 9.97 Å². The van der Waals surface area contributed by atoms with Gasteiger partial charge in [0.15, 0.2) is 0 Å². The first kappa shape index (κ1) is 15.8. The molecule has 1 aliphatic rings. The number of halogens is 1. The summed E-state index contributed by atoms with van der Waals surface area (Å²) in [5.74, 6) is -0.565. The van der Waals surface area contributed by atoms with E-state index in [-0.39, 0.29) is 5.56 Å². The second-order valence-corrected chi connectivity index (χ2v) is 6.62. The number of carbonyl (C=O) groups is 1. The normalized spacial score (nSPS) is 14.2. The van der Waals surface area contributed by atoms with Crippen molar-refractivity contribution >= 4 is 34.2 Å². The molecule has 4 rings (SSSR count). The molecule has 0 radical (unpaired) electrons. The minimum absolute atomic E-state index is 0.283. The summed E-state index contributed by atoms with van der Waals surface area (Å²) in [4.78, 5) is 23.0. The van der Waals surface area contributed by atoms with Gasteiger partial charge in [0, 0.05) is 29.4 Å². The molecule has 6 heteroatoms. The van der Waals surface area contributed by atoms with Gasteiger partial charge in [0.25, 0.3) is 5.91 Å². The van der Waals surface area contributed by atoms with Crippen LogP contribution >= 0.6 is 11.6 Å². The first-order chi connectivity index (χ1) is 12.1. The van der Waals surface area contributed by atoms with E-state index in [9.17, 15) is 4.79 Å². The van der Waals surface area contributed by atoms with Crippen LogP contribution in [-0.2, 0) is 0 Å². The highest BCUT2D eigenvalue weighted by Crippen LogP contribution is 2.27. The highest BCUT2D eigenvalue weighted by atomic mass is 35.5. The van der Waals surface area contributed by atoms with Gasteiger partial charge in [-0.25, -0.2) is 4.98 Å². The van der Waals surface area contributed by atoms with Crippen molar-refractivity contribution in [1.29, 1.82) is 0 Å². The first-order valence-electron chi connectivity index (χ1n) is 8.23. The lowest BCUT2D eigenvalue weighted by Gasteiger charge is -2.17. The zero-order chi connectivity index (χ0) is 17.4. The number of amides is 1. The van der Waals surface area contributed by atoms with Crippen LogP contribution in [0.15, 0.2) is 42.6 Å². The number of nitrogens with zero attached hydrogens (tertiary/aromatic N) is 3. The largest absolute Gasteiger partial charge is 0.372 e. The van der Waals surface area contributed by atoms with Crippen LogP contribution in [0.4, 0.5) is 5.69 Å². The zero-order valence-corrected chi connectivity index (χ0v) is 14.3. The van der Waals surface area contributed by atoms with Crippen molar-refractivity contribution in [2.75, 3.05) is 18.0 Å². The van der Waals surface area contributed by atoms with Gasteiger partial charge in [-0.15, -0.1) is 0 Å². The molecule has 2 N–H and O–H groups in total. The van der Waals surface area contributed by atoms with Crippen LogP contribution in [0, 0.1) is 0 Å². The molecule has 0 saturated carbocycles. The van der Waals surface area contributed by atoms with E-state index in [1.54, 1.807) is 12.3 Å². The van der Waals surface area contributed by atoms with E-state index in [2.05, 4.69) is 27.0 Å². The van der Waals surface area contributed by atoms with Crippen LogP contribution in [0.1, 0.15) is 23.2 Å². The molecular formula is C19H17ClN4O. The molecule has 5 nitrogen and oxygen atoms in total. The van der Waals surface area contributed by atoms with Gasteiger partial charge in [-0.05, 0) is 37.1 Å². The predicted molar refractivity (Wildman–Crippen MR) is 99.9 cm³/mol. The monoisotopic (exact) mass is 352 g/mol. The van der Waals surface area contributed by atoms with Crippen LogP contribution in [0.5, 0.6) is 0 Å². The highest BCUT2D eigenvalue weighted by molar-refractivity contribution is 6.32. The molecule has 25 heavy (non-hydrogen) atoms. The number of nitrogens with two attached hydrogens (primary N) is 1. The summed E-state index contributed by atoms with van der Waals surface area (Å²) in [6.45, 7) is 2.23. The Balaban J connectivity index is 1.73. The van der Waals surface area contributed by atoms with E-state index in [1.165, 1.54) is 24.6 Å². The lowest BCUT2D eigenvalue weighted by Crippen LogP contribution is -2.17. The lowest BCUT2D eigenvalue weighted by atomic mass is 10.1. The van der Waals surface area contributed by atoms with E-state index in [4.69, 9.17) is 17.3 Å². The van der Waals surface area contributed by atoms with Crippen LogP contribution in [0.25, 0.3) is 22.3 Å². The first-order valence-corrected chi connectivity index (χ1v) is 8.61. The fraction of sp³-hybridized carbons (Fsp3) is 0.211. The van der Waals surface area contributed by atoms with Crippen molar-refractivity contribution in [3.05, 3.63) is 53.2 Å². The minimum atomic E-state index is -0.565. The minimum Gasteiger partial charge on any atom is -0.372 e. The highest BCUT2D eigenvalue weighted by Gasteiger charge is 2.14. The standard InChI is InChI=1S/C19H17ClN4O/c20-13-9-15(19(21)25)18-16(10-13)23-17(11-22-18)12-3-5-14(6-4-12)24-7-1-2-8-24/h3-6,9-11H,1-2,7-8H2,(H2,21,25). The van der Waals surface area contributed by atoms with Crippen LogP contribution in [0.3, 0.4) is 0 Å². The molecule has 0 spiro atoms.